The molecule has 7 heteroatoms. The molecule has 10 aliphatic carbocycles. The van der Waals surface area contributed by atoms with Gasteiger partial charge in [0.15, 0.2) is 0 Å². The molecule has 6 nitrogen and oxygen atoms in total. The van der Waals surface area contributed by atoms with Gasteiger partial charge >= 0.3 is 5.97 Å². The lowest BCUT2D eigenvalue weighted by Gasteiger charge is -2.17. The Bertz CT molecular complexity index is 1140. The van der Waals surface area contributed by atoms with Gasteiger partial charge in [0.2, 0.25) is 0 Å². The maximum Gasteiger partial charge on any atom is 0.302 e. The molecule has 4 saturated carbocycles. The summed E-state index contributed by atoms with van der Waals surface area (Å²) in [4.78, 5) is 10.6. The van der Waals surface area contributed by atoms with Crippen molar-refractivity contribution in [1.29, 1.82) is 0 Å². The SMILES string of the molecule is C1=CC2C=CC1C2.CC(=O)OC1CC2C=CC1C2.ClCOC1CC2C=CC1C2.NCOC1CC2C=CC1C2.OC1CC2C=CC1C2. The Morgan fingerprint density at radius 2 is 1.04 bits per heavy atom. The standard InChI is InChI=1S/C9H12O2.C8H11ClO.C8H13NO.C7H10O.C7H8/c1-6(10)11-9-5-7-2-3-8(9)4-7;2*9-5-10-8-4-6-1-2-7(8)3-6;8-7-4-5-1-2-6(7)3-5;1-2-7-4-3-6(1)5-7/h2-3,7-9H,4-5H2,1H3;1-2,6-8H,3-5H2;1-2,6-8H,3-5,9H2;1-2,5-8H,3-4H2;1-4,6-7H,5H2. The zero-order valence-corrected chi connectivity index (χ0v) is 28.1. The Labute approximate surface area is 280 Å². The Kier molecular flexibility index (Phi) is 11.8. The average molecular weight is 652 g/mol. The third-order valence-corrected chi connectivity index (χ3v) is 11.7. The van der Waals surface area contributed by atoms with Crippen LogP contribution in [0.15, 0.2) is 72.9 Å². The summed E-state index contributed by atoms with van der Waals surface area (Å²) < 4.78 is 15.9. The Morgan fingerprint density at radius 1 is 0.609 bits per heavy atom. The average Bonchev–Trinajstić information content (AvgIpc) is 3.90. The van der Waals surface area contributed by atoms with Crippen molar-refractivity contribution in [1.82, 2.24) is 0 Å². The summed E-state index contributed by atoms with van der Waals surface area (Å²) >= 11 is 5.47. The molecule has 10 bridgehead atoms. The van der Waals surface area contributed by atoms with Crippen molar-refractivity contribution in [3.63, 3.8) is 0 Å². The largest absolute Gasteiger partial charge is 0.462 e. The number of aliphatic hydroxyl groups excluding tert-OH is 1. The number of carbonyl (C=O) groups is 1. The van der Waals surface area contributed by atoms with Crippen LogP contribution in [-0.2, 0) is 19.0 Å². The van der Waals surface area contributed by atoms with Gasteiger partial charge in [-0.15, -0.1) is 0 Å². The van der Waals surface area contributed by atoms with Crippen molar-refractivity contribution in [3.05, 3.63) is 72.9 Å². The van der Waals surface area contributed by atoms with Crippen molar-refractivity contribution >= 4 is 17.6 Å². The molecule has 3 N–H and O–H groups in total. The number of ether oxygens (including phenoxy) is 3. The number of hydrogen-bond acceptors (Lipinski definition) is 6. The van der Waals surface area contributed by atoms with E-state index in [1.54, 1.807) is 0 Å². The lowest BCUT2D eigenvalue weighted by Crippen LogP contribution is -2.21. The van der Waals surface area contributed by atoms with Gasteiger partial charge in [0.05, 0.1) is 25.0 Å². The van der Waals surface area contributed by atoms with E-state index in [-0.39, 0.29) is 18.2 Å². The summed E-state index contributed by atoms with van der Waals surface area (Å²) in [6.07, 6.45) is 39.0. The van der Waals surface area contributed by atoms with E-state index >= 15 is 0 Å². The summed E-state index contributed by atoms with van der Waals surface area (Å²) in [6.45, 7) is 1.86. The van der Waals surface area contributed by atoms with Gasteiger partial charge in [-0.1, -0.05) is 84.5 Å². The van der Waals surface area contributed by atoms with Crippen LogP contribution in [0.1, 0.15) is 64.7 Å². The molecule has 0 aliphatic heterocycles. The fourth-order valence-corrected chi connectivity index (χ4v) is 9.37. The fourth-order valence-electron chi connectivity index (χ4n) is 9.21. The summed E-state index contributed by atoms with van der Waals surface area (Å²) in [7, 11) is 0. The van der Waals surface area contributed by atoms with E-state index in [2.05, 4.69) is 72.9 Å². The zero-order valence-electron chi connectivity index (χ0n) is 27.3. The quantitative estimate of drug-likeness (QED) is 0.141. The van der Waals surface area contributed by atoms with Gasteiger partial charge < -0.3 is 25.1 Å². The normalized spacial score (nSPS) is 43.7. The Morgan fingerprint density at radius 3 is 1.30 bits per heavy atom. The highest BCUT2D eigenvalue weighted by molar-refractivity contribution is 6.17. The maximum atomic E-state index is 10.6. The summed E-state index contributed by atoms with van der Waals surface area (Å²) in [6, 6.07) is 0.349. The number of alkyl halides is 1. The maximum absolute atomic E-state index is 10.6. The second-order valence-electron chi connectivity index (χ2n) is 14.9. The number of carbonyl (C=O) groups excluding carboxylic acids is 1. The van der Waals surface area contributed by atoms with Crippen molar-refractivity contribution < 1.29 is 24.1 Å². The molecule has 46 heavy (non-hydrogen) atoms. The molecule has 10 rings (SSSR count). The van der Waals surface area contributed by atoms with Crippen LogP contribution in [0.25, 0.3) is 0 Å². The predicted octanol–water partition coefficient (Wildman–Crippen LogP) is 7.25. The monoisotopic (exact) mass is 651 g/mol. The number of aliphatic hydroxyl groups is 1. The van der Waals surface area contributed by atoms with Gasteiger partial charge in [-0.2, -0.15) is 0 Å². The smallest absolute Gasteiger partial charge is 0.302 e. The van der Waals surface area contributed by atoms with Crippen molar-refractivity contribution in [2.75, 3.05) is 12.8 Å². The molecule has 0 aromatic carbocycles. The van der Waals surface area contributed by atoms with Gasteiger partial charge in [0, 0.05) is 30.6 Å². The first kappa shape index (κ1) is 33.9. The van der Waals surface area contributed by atoms with Crippen LogP contribution in [-0.4, -0.2) is 48.3 Å². The predicted molar refractivity (Wildman–Crippen MR) is 182 cm³/mol. The van der Waals surface area contributed by atoms with Gasteiger partial charge in [-0.3, -0.25) is 4.79 Å². The molecule has 0 spiro atoms. The van der Waals surface area contributed by atoms with Crippen molar-refractivity contribution in [2.24, 2.45) is 64.9 Å². The van der Waals surface area contributed by atoms with Crippen LogP contribution in [0.4, 0.5) is 0 Å². The topological polar surface area (TPSA) is 91.0 Å². The highest BCUT2D eigenvalue weighted by atomic mass is 35.5. The molecular formula is C39H54ClNO5. The van der Waals surface area contributed by atoms with E-state index in [0.29, 0.717) is 54.6 Å². The molecule has 252 valence electrons. The molecule has 4 fully saturated rings. The minimum Gasteiger partial charge on any atom is -0.462 e. The highest BCUT2D eigenvalue weighted by Crippen LogP contribution is 2.42. The van der Waals surface area contributed by atoms with E-state index in [9.17, 15) is 4.79 Å². The van der Waals surface area contributed by atoms with Crippen LogP contribution < -0.4 is 5.73 Å². The minimum absolute atomic E-state index is 0.00926. The summed E-state index contributed by atoms with van der Waals surface area (Å²) in [5, 5.41) is 9.17. The van der Waals surface area contributed by atoms with Gasteiger partial charge in [0.25, 0.3) is 0 Å². The molecule has 12 unspecified atom stereocenters. The summed E-state index contributed by atoms with van der Waals surface area (Å²) in [5.41, 5.74) is 5.29. The summed E-state index contributed by atoms with van der Waals surface area (Å²) in [5.74, 6) is 6.84. The first-order chi connectivity index (χ1) is 22.4. The van der Waals surface area contributed by atoms with Crippen molar-refractivity contribution in [2.45, 2.75) is 89.1 Å². The molecule has 0 saturated heterocycles. The lowest BCUT2D eigenvalue weighted by atomic mass is 10.0. The van der Waals surface area contributed by atoms with E-state index in [4.69, 9.17) is 36.7 Å². The van der Waals surface area contributed by atoms with E-state index in [1.165, 1.54) is 51.9 Å². The third kappa shape index (κ3) is 8.73. The molecule has 12 atom stereocenters. The van der Waals surface area contributed by atoms with Crippen LogP contribution in [0.5, 0.6) is 0 Å². The number of halogens is 1. The molecule has 0 aromatic rings. The molecule has 0 aromatic heterocycles. The molecule has 10 aliphatic rings. The van der Waals surface area contributed by atoms with Crippen LogP contribution in [0, 0.1) is 59.2 Å². The second kappa shape index (κ2) is 16.0. The zero-order chi connectivity index (χ0) is 32.0. The molecule has 0 radical (unpaired) electrons. The van der Waals surface area contributed by atoms with Crippen LogP contribution in [0.2, 0.25) is 0 Å². The number of esters is 1. The number of hydrogen-bond donors (Lipinski definition) is 2. The lowest BCUT2D eigenvalue weighted by molar-refractivity contribution is -0.147. The van der Waals surface area contributed by atoms with Crippen LogP contribution >= 0.6 is 11.6 Å². The minimum atomic E-state index is -0.143. The van der Waals surface area contributed by atoms with E-state index in [0.717, 1.165) is 42.4 Å². The van der Waals surface area contributed by atoms with E-state index in [1.807, 2.05) is 0 Å². The Balaban J connectivity index is 0.000000102. The third-order valence-electron chi connectivity index (χ3n) is 11.6. The van der Waals surface area contributed by atoms with Gasteiger partial charge in [-0.05, 0) is 93.3 Å². The number of nitrogens with two attached hydrogens (primary N) is 1. The highest BCUT2D eigenvalue weighted by Gasteiger charge is 2.38. The molecule has 0 heterocycles. The van der Waals surface area contributed by atoms with Crippen LogP contribution in [0.3, 0.4) is 0 Å². The number of rotatable bonds is 5. The molecule has 0 amide bonds. The second-order valence-corrected chi connectivity index (χ2v) is 15.1. The van der Waals surface area contributed by atoms with Gasteiger partial charge in [-0.25, -0.2) is 0 Å². The first-order valence-electron chi connectivity index (χ1n) is 17.8. The number of fused-ring (bicyclic) bond motifs is 10. The first-order valence-corrected chi connectivity index (χ1v) is 18.3. The van der Waals surface area contributed by atoms with Gasteiger partial charge in [0.1, 0.15) is 12.2 Å². The fraction of sp³-hybridized carbons (Fsp3) is 0.667. The number of allylic oxidation sites excluding steroid dienone is 8. The molecular weight excluding hydrogens is 598 g/mol. The van der Waals surface area contributed by atoms with E-state index < -0.39 is 0 Å². The van der Waals surface area contributed by atoms with Crippen molar-refractivity contribution in [3.8, 4) is 0 Å². The Hall–Kier alpha value is -1.96.